The molecule has 0 aliphatic rings. The highest BCUT2D eigenvalue weighted by atomic mass is 79.9. The minimum Gasteiger partial charge on any atom is -0.323 e. The highest BCUT2D eigenvalue weighted by molar-refractivity contribution is 9.10. The first-order valence-electron chi connectivity index (χ1n) is 5.08. The van der Waals surface area contributed by atoms with Gasteiger partial charge < -0.3 is 5.84 Å². The Kier molecular flexibility index (Phi) is 6.97. The first-order valence-corrected chi connectivity index (χ1v) is 5.87. The van der Waals surface area contributed by atoms with Crippen molar-refractivity contribution in [1.82, 2.24) is 0 Å². The van der Waals surface area contributed by atoms with E-state index < -0.39 is 0 Å². The van der Waals surface area contributed by atoms with E-state index in [1.165, 1.54) is 6.07 Å². The molecule has 0 saturated carbocycles. The van der Waals surface area contributed by atoms with Crippen molar-refractivity contribution in [3.8, 4) is 0 Å². The van der Waals surface area contributed by atoms with Crippen molar-refractivity contribution in [2.45, 2.75) is 27.7 Å². The molecule has 0 saturated heterocycles. The van der Waals surface area contributed by atoms with E-state index in [4.69, 9.17) is 5.84 Å². The molecule has 0 bridgehead atoms. The Labute approximate surface area is 105 Å². The standard InChI is InChI=1S/C8H8BrFN2.C4H10/c1-5(12-11)7-4-6(9)2-3-8(7)10;1-4(2)3/h2-4H,11H2,1H3;4H,1-3H3/b12-5+;. The van der Waals surface area contributed by atoms with Gasteiger partial charge in [0.1, 0.15) is 5.82 Å². The molecule has 1 aromatic carbocycles. The van der Waals surface area contributed by atoms with E-state index in [9.17, 15) is 4.39 Å². The minimum absolute atomic E-state index is 0.315. The summed E-state index contributed by atoms with van der Waals surface area (Å²) in [6.45, 7) is 8.16. The summed E-state index contributed by atoms with van der Waals surface area (Å²) >= 11 is 3.23. The van der Waals surface area contributed by atoms with Crippen LogP contribution in [-0.4, -0.2) is 5.71 Å². The van der Waals surface area contributed by atoms with Gasteiger partial charge in [0, 0.05) is 10.0 Å². The van der Waals surface area contributed by atoms with Gasteiger partial charge in [-0.2, -0.15) is 5.10 Å². The van der Waals surface area contributed by atoms with Gasteiger partial charge in [-0.15, -0.1) is 0 Å². The third kappa shape index (κ3) is 5.85. The normalized spacial score (nSPS) is 11.1. The van der Waals surface area contributed by atoms with Crippen LogP contribution in [0, 0.1) is 11.7 Å². The highest BCUT2D eigenvalue weighted by Crippen LogP contribution is 2.15. The lowest BCUT2D eigenvalue weighted by Gasteiger charge is -2.01. The molecule has 0 fully saturated rings. The van der Waals surface area contributed by atoms with E-state index in [1.807, 2.05) is 0 Å². The fourth-order valence-corrected chi connectivity index (χ4v) is 1.21. The maximum atomic E-state index is 13.0. The Morgan fingerprint density at radius 2 is 1.88 bits per heavy atom. The van der Waals surface area contributed by atoms with Crippen LogP contribution in [0.5, 0.6) is 0 Å². The maximum Gasteiger partial charge on any atom is 0.132 e. The summed E-state index contributed by atoms with van der Waals surface area (Å²) in [5, 5.41) is 3.42. The lowest BCUT2D eigenvalue weighted by atomic mass is 10.1. The second kappa shape index (κ2) is 7.39. The molecule has 90 valence electrons. The van der Waals surface area contributed by atoms with Gasteiger partial charge in [0.15, 0.2) is 0 Å². The third-order valence-electron chi connectivity index (χ3n) is 1.51. The van der Waals surface area contributed by atoms with E-state index >= 15 is 0 Å². The zero-order valence-corrected chi connectivity index (χ0v) is 11.7. The van der Waals surface area contributed by atoms with Crippen LogP contribution in [0.4, 0.5) is 4.39 Å². The van der Waals surface area contributed by atoms with Gasteiger partial charge in [-0.1, -0.05) is 36.7 Å². The van der Waals surface area contributed by atoms with E-state index in [0.717, 1.165) is 10.4 Å². The first kappa shape index (κ1) is 15.1. The molecular weight excluding hydrogens is 271 g/mol. The smallest absolute Gasteiger partial charge is 0.132 e. The first-order chi connectivity index (χ1) is 7.38. The summed E-state index contributed by atoms with van der Waals surface area (Å²) in [6.07, 6.45) is 0. The van der Waals surface area contributed by atoms with Crippen LogP contribution in [0.25, 0.3) is 0 Å². The Balaban J connectivity index is 0.000000487. The molecule has 16 heavy (non-hydrogen) atoms. The number of nitrogens with two attached hydrogens (primary N) is 1. The average Bonchev–Trinajstić information content (AvgIpc) is 2.20. The topological polar surface area (TPSA) is 38.4 Å². The number of hydrogen-bond acceptors (Lipinski definition) is 2. The van der Waals surface area contributed by atoms with Crippen molar-refractivity contribution in [3.63, 3.8) is 0 Å². The Bertz CT molecular complexity index is 359. The van der Waals surface area contributed by atoms with Gasteiger partial charge in [-0.3, -0.25) is 0 Å². The molecule has 1 rings (SSSR count). The van der Waals surface area contributed by atoms with Crippen molar-refractivity contribution in [2.75, 3.05) is 0 Å². The third-order valence-corrected chi connectivity index (χ3v) is 2.01. The van der Waals surface area contributed by atoms with Crippen LogP contribution >= 0.6 is 15.9 Å². The summed E-state index contributed by atoms with van der Waals surface area (Å²) in [7, 11) is 0. The number of benzene rings is 1. The van der Waals surface area contributed by atoms with Gasteiger partial charge in [0.2, 0.25) is 0 Å². The summed E-state index contributed by atoms with van der Waals surface area (Å²) < 4.78 is 13.9. The Hall–Kier alpha value is -0.900. The zero-order valence-electron chi connectivity index (χ0n) is 10.1. The molecule has 2 nitrogen and oxygen atoms in total. The van der Waals surface area contributed by atoms with Crippen molar-refractivity contribution in [2.24, 2.45) is 16.9 Å². The second-order valence-corrected chi connectivity index (χ2v) is 4.99. The van der Waals surface area contributed by atoms with E-state index in [1.54, 1.807) is 19.1 Å². The predicted octanol–water partition coefficient (Wildman–Crippen LogP) is 3.93. The van der Waals surface area contributed by atoms with Crippen LogP contribution in [0.2, 0.25) is 0 Å². The molecule has 4 heteroatoms. The SMILES string of the molecule is C/C(=N\N)c1cc(Br)ccc1F.CC(C)C. The summed E-state index contributed by atoms with van der Waals surface area (Å²) in [4.78, 5) is 0. The molecule has 0 spiro atoms. The van der Waals surface area contributed by atoms with Crippen LogP contribution < -0.4 is 5.84 Å². The molecule has 0 heterocycles. The average molecular weight is 289 g/mol. The van der Waals surface area contributed by atoms with Crippen molar-refractivity contribution in [1.29, 1.82) is 0 Å². The largest absolute Gasteiger partial charge is 0.323 e. The number of nitrogens with zero attached hydrogens (tertiary/aromatic N) is 1. The fourth-order valence-electron chi connectivity index (χ4n) is 0.844. The molecule has 0 atom stereocenters. The molecule has 2 N–H and O–H groups in total. The zero-order chi connectivity index (χ0) is 12.7. The Morgan fingerprint density at radius 3 is 2.31 bits per heavy atom. The molecule has 0 unspecified atom stereocenters. The van der Waals surface area contributed by atoms with Crippen molar-refractivity contribution < 1.29 is 4.39 Å². The van der Waals surface area contributed by atoms with E-state index in [2.05, 4.69) is 41.8 Å². The van der Waals surface area contributed by atoms with Gasteiger partial charge in [-0.25, -0.2) is 4.39 Å². The Morgan fingerprint density at radius 1 is 1.38 bits per heavy atom. The van der Waals surface area contributed by atoms with Gasteiger partial charge in [-0.05, 0) is 31.0 Å². The highest BCUT2D eigenvalue weighted by Gasteiger charge is 2.04. The number of halogens is 2. The molecule has 1 aromatic rings. The molecule has 0 aliphatic heterocycles. The van der Waals surface area contributed by atoms with Crippen molar-refractivity contribution in [3.05, 3.63) is 34.1 Å². The van der Waals surface area contributed by atoms with Crippen LogP contribution in [0.3, 0.4) is 0 Å². The van der Waals surface area contributed by atoms with E-state index in [0.29, 0.717) is 11.3 Å². The van der Waals surface area contributed by atoms with Gasteiger partial charge in [0.25, 0.3) is 0 Å². The quantitative estimate of drug-likeness (QED) is 0.475. The molecule has 0 aromatic heterocycles. The molecular formula is C12H18BrFN2. The maximum absolute atomic E-state index is 13.0. The molecule has 0 amide bonds. The summed E-state index contributed by atoms with van der Waals surface area (Å²) in [5.41, 5.74) is 0.903. The predicted molar refractivity (Wildman–Crippen MR) is 71.0 cm³/mol. The van der Waals surface area contributed by atoms with Crippen LogP contribution in [0.15, 0.2) is 27.8 Å². The minimum atomic E-state index is -0.315. The number of hydrogen-bond donors (Lipinski definition) is 1. The van der Waals surface area contributed by atoms with Crippen LogP contribution in [0.1, 0.15) is 33.3 Å². The van der Waals surface area contributed by atoms with Crippen LogP contribution in [-0.2, 0) is 0 Å². The molecule has 0 aliphatic carbocycles. The molecule has 0 radical (unpaired) electrons. The fraction of sp³-hybridized carbons (Fsp3) is 0.417. The van der Waals surface area contributed by atoms with Gasteiger partial charge >= 0.3 is 0 Å². The van der Waals surface area contributed by atoms with Crippen molar-refractivity contribution >= 4 is 21.6 Å². The van der Waals surface area contributed by atoms with Gasteiger partial charge in [0.05, 0.1) is 5.71 Å². The monoisotopic (exact) mass is 288 g/mol. The summed E-state index contributed by atoms with van der Waals surface area (Å²) in [6, 6.07) is 4.64. The lowest BCUT2D eigenvalue weighted by Crippen LogP contribution is -2.01. The second-order valence-electron chi connectivity index (χ2n) is 4.07. The summed E-state index contributed by atoms with van der Waals surface area (Å²) in [5.74, 6) is 5.55. The lowest BCUT2D eigenvalue weighted by molar-refractivity contribution is 0.624. The number of hydrazone groups is 1. The van der Waals surface area contributed by atoms with E-state index in [-0.39, 0.29) is 5.82 Å². The number of rotatable bonds is 1.